The summed E-state index contributed by atoms with van der Waals surface area (Å²) < 4.78 is 5.48. The van der Waals surface area contributed by atoms with E-state index < -0.39 is 0 Å². The van der Waals surface area contributed by atoms with Crippen LogP contribution < -0.4 is 0 Å². The first-order valence-electron chi connectivity index (χ1n) is 5.50. The lowest BCUT2D eigenvalue weighted by Gasteiger charge is -2.18. The molecule has 0 spiro atoms. The van der Waals surface area contributed by atoms with Crippen molar-refractivity contribution in [3.63, 3.8) is 0 Å². The summed E-state index contributed by atoms with van der Waals surface area (Å²) in [6.07, 6.45) is 1.77. The highest BCUT2D eigenvalue weighted by molar-refractivity contribution is 5.57. The summed E-state index contributed by atoms with van der Waals surface area (Å²) in [6.45, 7) is 8.48. The summed E-state index contributed by atoms with van der Waals surface area (Å²) in [5.41, 5.74) is 2.59. The van der Waals surface area contributed by atoms with Crippen molar-refractivity contribution in [2.24, 2.45) is 0 Å². The van der Waals surface area contributed by atoms with Gasteiger partial charge in [0.1, 0.15) is 0 Å². The van der Waals surface area contributed by atoms with Gasteiger partial charge < -0.3 is 4.42 Å². The van der Waals surface area contributed by atoms with Crippen LogP contribution in [0.15, 0.2) is 34.9 Å². The van der Waals surface area contributed by atoms with Gasteiger partial charge in [0.05, 0.1) is 6.20 Å². The van der Waals surface area contributed by atoms with Gasteiger partial charge in [-0.3, -0.25) is 0 Å². The smallest absolute Gasteiger partial charge is 0.191 e. The summed E-state index contributed by atoms with van der Waals surface area (Å²) in [7, 11) is 0. The molecule has 0 saturated carbocycles. The molecule has 0 atom stereocenters. The standard InChI is InChI=1S/C14H17NO/c1-10-15-9-13(16-10)11-5-7-12(8-6-11)14(2,3)4/h5-9H,1-4H3. The molecule has 2 rings (SSSR count). The van der Waals surface area contributed by atoms with Crippen LogP contribution in [0.4, 0.5) is 0 Å². The third-order valence-corrected chi connectivity index (χ3v) is 2.66. The number of hydrogen-bond donors (Lipinski definition) is 0. The van der Waals surface area contributed by atoms with Gasteiger partial charge in [-0.2, -0.15) is 0 Å². The van der Waals surface area contributed by atoms with Crippen LogP contribution in [0.1, 0.15) is 32.2 Å². The molecule has 0 unspecified atom stereocenters. The number of hydrogen-bond acceptors (Lipinski definition) is 2. The third kappa shape index (κ3) is 2.16. The van der Waals surface area contributed by atoms with E-state index >= 15 is 0 Å². The van der Waals surface area contributed by atoms with Crippen molar-refractivity contribution in [1.29, 1.82) is 0 Å². The van der Waals surface area contributed by atoms with Gasteiger partial charge in [0.15, 0.2) is 11.7 Å². The van der Waals surface area contributed by atoms with Crippen molar-refractivity contribution in [1.82, 2.24) is 4.98 Å². The average Bonchev–Trinajstić information content (AvgIpc) is 2.64. The SMILES string of the molecule is Cc1ncc(-c2ccc(C(C)(C)C)cc2)o1. The topological polar surface area (TPSA) is 26.0 Å². The molecular formula is C14H17NO. The zero-order chi connectivity index (χ0) is 11.8. The zero-order valence-electron chi connectivity index (χ0n) is 10.2. The molecule has 2 aromatic rings. The van der Waals surface area contributed by atoms with Crippen molar-refractivity contribution in [2.45, 2.75) is 33.1 Å². The lowest BCUT2D eigenvalue weighted by molar-refractivity contribution is 0.534. The minimum Gasteiger partial charge on any atom is -0.441 e. The molecule has 2 heteroatoms. The van der Waals surface area contributed by atoms with Crippen LogP contribution in [-0.2, 0) is 5.41 Å². The van der Waals surface area contributed by atoms with Crippen LogP contribution in [0.2, 0.25) is 0 Å². The Balaban J connectivity index is 2.33. The van der Waals surface area contributed by atoms with Crippen LogP contribution in [0.5, 0.6) is 0 Å². The van der Waals surface area contributed by atoms with Crippen LogP contribution in [0, 0.1) is 6.92 Å². The molecule has 1 aromatic carbocycles. The molecule has 0 bridgehead atoms. The molecule has 0 aliphatic rings. The maximum absolute atomic E-state index is 5.48. The number of benzene rings is 1. The Kier molecular flexibility index (Phi) is 2.58. The first kappa shape index (κ1) is 10.9. The predicted molar refractivity (Wildman–Crippen MR) is 65.4 cm³/mol. The molecule has 2 nitrogen and oxygen atoms in total. The van der Waals surface area contributed by atoms with Crippen LogP contribution >= 0.6 is 0 Å². The lowest BCUT2D eigenvalue weighted by Crippen LogP contribution is -2.10. The van der Waals surface area contributed by atoms with Gasteiger partial charge in [0.2, 0.25) is 0 Å². The third-order valence-electron chi connectivity index (χ3n) is 2.66. The minimum atomic E-state index is 0.190. The quantitative estimate of drug-likeness (QED) is 0.720. The molecule has 84 valence electrons. The van der Waals surface area contributed by atoms with E-state index in [1.54, 1.807) is 6.20 Å². The van der Waals surface area contributed by atoms with E-state index in [0.717, 1.165) is 11.3 Å². The van der Waals surface area contributed by atoms with E-state index in [0.29, 0.717) is 5.89 Å². The highest BCUT2D eigenvalue weighted by Crippen LogP contribution is 2.26. The number of oxazole rings is 1. The Morgan fingerprint density at radius 3 is 2.12 bits per heavy atom. The maximum atomic E-state index is 5.48. The van der Waals surface area contributed by atoms with Crippen molar-refractivity contribution >= 4 is 0 Å². The maximum Gasteiger partial charge on any atom is 0.191 e. The summed E-state index contributed by atoms with van der Waals surface area (Å²) in [6, 6.07) is 8.46. The van der Waals surface area contributed by atoms with E-state index in [1.807, 2.05) is 6.92 Å². The predicted octanol–water partition coefficient (Wildman–Crippen LogP) is 3.95. The van der Waals surface area contributed by atoms with Gasteiger partial charge in [-0.1, -0.05) is 45.0 Å². The van der Waals surface area contributed by atoms with Gasteiger partial charge in [-0.25, -0.2) is 4.98 Å². The molecular weight excluding hydrogens is 198 g/mol. The Morgan fingerprint density at radius 2 is 1.69 bits per heavy atom. The first-order chi connectivity index (χ1) is 7.47. The van der Waals surface area contributed by atoms with E-state index in [2.05, 4.69) is 50.0 Å². The van der Waals surface area contributed by atoms with Crippen molar-refractivity contribution in [3.05, 3.63) is 41.9 Å². The van der Waals surface area contributed by atoms with Crippen LogP contribution in [0.3, 0.4) is 0 Å². The van der Waals surface area contributed by atoms with Gasteiger partial charge >= 0.3 is 0 Å². The fourth-order valence-corrected chi connectivity index (χ4v) is 1.63. The van der Waals surface area contributed by atoms with Crippen molar-refractivity contribution < 1.29 is 4.42 Å². The average molecular weight is 215 g/mol. The fourth-order valence-electron chi connectivity index (χ4n) is 1.63. The number of aryl methyl sites for hydroxylation is 1. The number of rotatable bonds is 1. The summed E-state index contributed by atoms with van der Waals surface area (Å²) in [5, 5.41) is 0. The molecule has 0 saturated heterocycles. The summed E-state index contributed by atoms with van der Waals surface area (Å²) >= 11 is 0. The number of aromatic nitrogens is 1. The highest BCUT2D eigenvalue weighted by Gasteiger charge is 2.13. The monoisotopic (exact) mass is 215 g/mol. The van der Waals surface area contributed by atoms with Gasteiger partial charge in [-0.15, -0.1) is 0 Å². The summed E-state index contributed by atoms with van der Waals surface area (Å²) in [5.74, 6) is 1.54. The Morgan fingerprint density at radius 1 is 1.06 bits per heavy atom. The van der Waals surface area contributed by atoms with Crippen LogP contribution in [0.25, 0.3) is 11.3 Å². The van der Waals surface area contributed by atoms with Crippen LogP contribution in [-0.4, -0.2) is 4.98 Å². The Hall–Kier alpha value is -1.57. The minimum absolute atomic E-state index is 0.190. The second-order valence-electron chi connectivity index (χ2n) is 5.07. The van der Waals surface area contributed by atoms with Gasteiger partial charge in [-0.05, 0) is 11.0 Å². The second-order valence-corrected chi connectivity index (χ2v) is 5.07. The molecule has 0 aliphatic heterocycles. The largest absolute Gasteiger partial charge is 0.441 e. The van der Waals surface area contributed by atoms with E-state index in [9.17, 15) is 0 Å². The Labute approximate surface area is 96.3 Å². The van der Waals surface area contributed by atoms with Gasteiger partial charge in [0.25, 0.3) is 0 Å². The first-order valence-corrected chi connectivity index (χ1v) is 5.50. The lowest BCUT2D eigenvalue weighted by atomic mass is 9.86. The molecule has 1 heterocycles. The molecule has 0 aliphatic carbocycles. The van der Waals surface area contributed by atoms with E-state index in [1.165, 1.54) is 5.56 Å². The summed E-state index contributed by atoms with van der Waals surface area (Å²) in [4.78, 5) is 4.10. The molecule has 0 fully saturated rings. The fraction of sp³-hybridized carbons (Fsp3) is 0.357. The normalized spacial score (nSPS) is 11.8. The van der Waals surface area contributed by atoms with E-state index in [-0.39, 0.29) is 5.41 Å². The molecule has 0 N–H and O–H groups in total. The zero-order valence-corrected chi connectivity index (χ0v) is 10.2. The molecule has 0 amide bonds. The van der Waals surface area contributed by atoms with Crippen molar-refractivity contribution in [3.8, 4) is 11.3 Å². The molecule has 1 aromatic heterocycles. The van der Waals surface area contributed by atoms with Crippen molar-refractivity contribution in [2.75, 3.05) is 0 Å². The molecule has 0 radical (unpaired) electrons. The van der Waals surface area contributed by atoms with E-state index in [4.69, 9.17) is 4.42 Å². The highest BCUT2D eigenvalue weighted by atomic mass is 16.4. The molecule has 16 heavy (non-hydrogen) atoms. The van der Waals surface area contributed by atoms with Gasteiger partial charge in [0, 0.05) is 12.5 Å². The second kappa shape index (κ2) is 3.78. The number of nitrogens with zero attached hydrogens (tertiary/aromatic N) is 1. The Bertz CT molecular complexity index is 474.